The number of carbonyl (C=O) groups excluding carboxylic acids is 1. The van der Waals surface area contributed by atoms with E-state index in [1.165, 1.54) is 11.6 Å². The van der Waals surface area contributed by atoms with E-state index < -0.39 is 23.1 Å². The number of Topliss-reactive ketones (excluding diaryl/α,β-unsaturated/α-hetero) is 1. The highest BCUT2D eigenvalue weighted by molar-refractivity contribution is 7.99. The van der Waals surface area contributed by atoms with Crippen LogP contribution >= 0.6 is 11.8 Å². The molecule has 0 bridgehead atoms. The monoisotopic (exact) mass is 285 g/mol. The van der Waals surface area contributed by atoms with Crippen LogP contribution in [0.5, 0.6) is 0 Å². The zero-order valence-electron chi connectivity index (χ0n) is 9.81. The number of benzene rings is 1. The van der Waals surface area contributed by atoms with Gasteiger partial charge in [-0.05, 0) is 18.2 Å². The van der Waals surface area contributed by atoms with Crippen LogP contribution < -0.4 is 5.69 Å². The van der Waals surface area contributed by atoms with Gasteiger partial charge in [-0.3, -0.25) is 9.36 Å². The molecule has 1 heterocycles. The first-order chi connectivity index (χ1) is 8.99. The number of ketones is 1. The molecular formula is C11H9F2N3O2S. The van der Waals surface area contributed by atoms with Gasteiger partial charge in [0.05, 0.1) is 11.3 Å². The molecule has 0 aliphatic rings. The lowest BCUT2D eigenvalue weighted by Gasteiger charge is -2.02. The van der Waals surface area contributed by atoms with Gasteiger partial charge in [0.15, 0.2) is 10.9 Å². The van der Waals surface area contributed by atoms with Crippen molar-refractivity contribution in [1.82, 2.24) is 14.8 Å². The van der Waals surface area contributed by atoms with Crippen LogP contribution in [0.3, 0.4) is 0 Å². The molecule has 2 rings (SSSR count). The van der Waals surface area contributed by atoms with E-state index in [0.29, 0.717) is 5.16 Å². The summed E-state index contributed by atoms with van der Waals surface area (Å²) >= 11 is 0.967. The van der Waals surface area contributed by atoms with Gasteiger partial charge in [0.25, 0.3) is 0 Å². The molecule has 100 valence electrons. The first-order valence-corrected chi connectivity index (χ1v) is 6.20. The molecule has 0 saturated heterocycles. The van der Waals surface area contributed by atoms with Crippen molar-refractivity contribution in [3.05, 3.63) is 45.9 Å². The predicted octanol–water partition coefficient (Wildman–Crippen LogP) is 1.36. The molecule has 0 aliphatic carbocycles. The van der Waals surface area contributed by atoms with E-state index in [1.807, 2.05) is 0 Å². The second-order valence-corrected chi connectivity index (χ2v) is 4.65. The number of aromatic amines is 1. The number of thioether (sulfide) groups is 1. The highest BCUT2D eigenvalue weighted by Crippen LogP contribution is 2.17. The van der Waals surface area contributed by atoms with Crippen LogP contribution in [0, 0.1) is 11.6 Å². The van der Waals surface area contributed by atoms with Crippen molar-refractivity contribution in [1.29, 1.82) is 0 Å². The Bertz CT molecular complexity index is 681. The predicted molar refractivity (Wildman–Crippen MR) is 65.2 cm³/mol. The number of nitrogens with one attached hydrogen (secondary N) is 1. The minimum absolute atomic E-state index is 0.140. The molecule has 0 spiro atoms. The number of hydrogen-bond acceptors (Lipinski definition) is 4. The SMILES string of the molecule is Cn1c(SCC(=O)c2cc(F)ccc2F)n[nH]c1=O. The zero-order valence-corrected chi connectivity index (χ0v) is 10.6. The fourth-order valence-corrected chi connectivity index (χ4v) is 2.18. The Balaban J connectivity index is 2.12. The van der Waals surface area contributed by atoms with Gasteiger partial charge in [0, 0.05) is 7.05 Å². The summed E-state index contributed by atoms with van der Waals surface area (Å²) in [7, 11) is 1.49. The number of halogens is 2. The maximum Gasteiger partial charge on any atom is 0.343 e. The van der Waals surface area contributed by atoms with E-state index in [4.69, 9.17) is 0 Å². The van der Waals surface area contributed by atoms with E-state index in [2.05, 4.69) is 10.2 Å². The number of hydrogen-bond donors (Lipinski definition) is 1. The van der Waals surface area contributed by atoms with Crippen molar-refractivity contribution in [3.8, 4) is 0 Å². The molecule has 0 saturated carbocycles. The van der Waals surface area contributed by atoms with Gasteiger partial charge < -0.3 is 0 Å². The van der Waals surface area contributed by atoms with E-state index in [0.717, 1.165) is 30.0 Å². The standard InChI is InChI=1S/C11H9F2N3O2S/c1-16-10(18)14-15-11(16)19-5-9(17)7-4-6(12)2-3-8(7)13/h2-4H,5H2,1H3,(H,14,18). The Morgan fingerprint density at radius 2 is 2.21 bits per heavy atom. The Morgan fingerprint density at radius 1 is 1.47 bits per heavy atom. The molecule has 1 N–H and O–H groups in total. The summed E-state index contributed by atoms with van der Waals surface area (Å²) in [6, 6.07) is 2.69. The van der Waals surface area contributed by atoms with Crippen molar-refractivity contribution in [2.24, 2.45) is 7.05 Å². The van der Waals surface area contributed by atoms with E-state index in [1.54, 1.807) is 0 Å². The van der Waals surface area contributed by atoms with Crippen LogP contribution in [-0.4, -0.2) is 26.3 Å². The lowest BCUT2D eigenvalue weighted by molar-refractivity contribution is 0.101. The fourth-order valence-electron chi connectivity index (χ4n) is 1.38. The van der Waals surface area contributed by atoms with E-state index in [-0.39, 0.29) is 11.3 Å². The third kappa shape index (κ3) is 2.90. The molecule has 8 heteroatoms. The number of nitrogens with zero attached hydrogens (tertiary/aromatic N) is 2. The van der Waals surface area contributed by atoms with Gasteiger partial charge in [0.2, 0.25) is 0 Å². The molecule has 1 aromatic carbocycles. The molecule has 1 aromatic heterocycles. The highest BCUT2D eigenvalue weighted by atomic mass is 32.2. The van der Waals surface area contributed by atoms with Crippen LogP contribution in [0.25, 0.3) is 0 Å². The van der Waals surface area contributed by atoms with Gasteiger partial charge in [-0.25, -0.2) is 18.7 Å². The largest absolute Gasteiger partial charge is 0.343 e. The Hall–Kier alpha value is -1.96. The summed E-state index contributed by atoms with van der Waals surface area (Å²) in [6.45, 7) is 0. The van der Waals surface area contributed by atoms with Crippen molar-refractivity contribution < 1.29 is 13.6 Å². The van der Waals surface area contributed by atoms with Crippen LogP contribution in [0.1, 0.15) is 10.4 Å². The van der Waals surface area contributed by atoms with Gasteiger partial charge >= 0.3 is 5.69 Å². The normalized spacial score (nSPS) is 10.7. The smallest absolute Gasteiger partial charge is 0.293 e. The molecule has 0 fully saturated rings. The van der Waals surface area contributed by atoms with Crippen LogP contribution in [0.15, 0.2) is 28.2 Å². The average Bonchev–Trinajstić information content (AvgIpc) is 2.70. The van der Waals surface area contributed by atoms with Crippen LogP contribution in [-0.2, 0) is 7.05 Å². The lowest BCUT2D eigenvalue weighted by atomic mass is 10.1. The second kappa shape index (κ2) is 5.35. The third-order valence-electron chi connectivity index (χ3n) is 2.40. The minimum Gasteiger partial charge on any atom is -0.293 e. The number of aromatic nitrogens is 3. The molecule has 5 nitrogen and oxygen atoms in total. The van der Waals surface area contributed by atoms with Gasteiger partial charge in [-0.15, -0.1) is 5.10 Å². The summed E-state index contributed by atoms with van der Waals surface area (Å²) in [4.78, 5) is 22.8. The van der Waals surface area contributed by atoms with Gasteiger partial charge in [-0.2, -0.15) is 0 Å². The Labute approximate surface area is 110 Å². The van der Waals surface area contributed by atoms with Crippen molar-refractivity contribution >= 4 is 17.5 Å². The minimum atomic E-state index is -0.775. The first-order valence-electron chi connectivity index (χ1n) is 5.21. The molecule has 19 heavy (non-hydrogen) atoms. The summed E-state index contributed by atoms with van der Waals surface area (Å²) in [5.41, 5.74) is -0.722. The number of rotatable bonds is 4. The molecular weight excluding hydrogens is 276 g/mol. The van der Waals surface area contributed by atoms with Crippen molar-refractivity contribution in [2.45, 2.75) is 5.16 Å². The zero-order chi connectivity index (χ0) is 14.0. The summed E-state index contributed by atoms with van der Waals surface area (Å²) in [5, 5.41) is 6.20. The fraction of sp³-hybridized carbons (Fsp3) is 0.182. The number of H-pyrrole nitrogens is 1. The van der Waals surface area contributed by atoms with Crippen molar-refractivity contribution in [3.63, 3.8) is 0 Å². The van der Waals surface area contributed by atoms with E-state index >= 15 is 0 Å². The first kappa shape index (κ1) is 13.5. The second-order valence-electron chi connectivity index (χ2n) is 3.71. The Morgan fingerprint density at radius 3 is 2.84 bits per heavy atom. The maximum absolute atomic E-state index is 13.4. The summed E-state index contributed by atoms with van der Waals surface area (Å²) in [6.07, 6.45) is 0. The van der Waals surface area contributed by atoms with E-state index in [9.17, 15) is 18.4 Å². The third-order valence-corrected chi connectivity index (χ3v) is 3.43. The quantitative estimate of drug-likeness (QED) is 0.680. The Kier molecular flexibility index (Phi) is 3.79. The molecule has 0 unspecified atom stereocenters. The average molecular weight is 285 g/mol. The molecule has 0 amide bonds. The number of carbonyl (C=O) groups is 1. The van der Waals surface area contributed by atoms with Crippen LogP contribution in [0.4, 0.5) is 8.78 Å². The molecule has 2 aromatic rings. The van der Waals surface area contributed by atoms with Crippen molar-refractivity contribution in [2.75, 3.05) is 5.75 Å². The molecule has 0 radical (unpaired) electrons. The highest BCUT2D eigenvalue weighted by Gasteiger charge is 2.15. The topological polar surface area (TPSA) is 67.8 Å². The lowest BCUT2D eigenvalue weighted by Crippen LogP contribution is -2.13. The molecule has 0 aliphatic heterocycles. The maximum atomic E-state index is 13.4. The van der Waals surface area contributed by atoms with Crippen LogP contribution in [0.2, 0.25) is 0 Å². The van der Waals surface area contributed by atoms with Gasteiger partial charge in [-0.1, -0.05) is 11.8 Å². The summed E-state index contributed by atoms with van der Waals surface area (Å²) < 4.78 is 27.5. The summed E-state index contributed by atoms with van der Waals surface area (Å²) in [5.74, 6) is -2.17. The van der Waals surface area contributed by atoms with Gasteiger partial charge in [0.1, 0.15) is 11.6 Å². The molecule has 0 atom stereocenters.